The van der Waals surface area contributed by atoms with Gasteiger partial charge in [0.2, 0.25) is 15.9 Å². The van der Waals surface area contributed by atoms with E-state index >= 15 is 0 Å². The molecule has 0 spiro atoms. The van der Waals surface area contributed by atoms with Crippen LogP contribution in [0.25, 0.3) is 0 Å². The molecule has 5 nitrogen and oxygen atoms in total. The zero-order valence-electron chi connectivity index (χ0n) is 15.1. The zero-order chi connectivity index (χ0) is 20.5. The van der Waals surface area contributed by atoms with Gasteiger partial charge in [-0.3, -0.25) is 4.79 Å². The van der Waals surface area contributed by atoms with Crippen molar-refractivity contribution in [2.75, 3.05) is 18.4 Å². The Morgan fingerprint density at radius 3 is 2.54 bits per heavy atom. The summed E-state index contributed by atoms with van der Waals surface area (Å²) in [7, 11) is -3.85. The average molecular weight is 462 g/mol. The van der Waals surface area contributed by atoms with E-state index in [0.29, 0.717) is 30.1 Å². The van der Waals surface area contributed by atoms with Crippen LogP contribution in [0.5, 0.6) is 0 Å². The Morgan fingerprint density at radius 1 is 1.11 bits per heavy atom. The molecule has 150 valence electrons. The molecule has 0 radical (unpaired) electrons. The van der Waals surface area contributed by atoms with Crippen molar-refractivity contribution in [2.24, 2.45) is 5.92 Å². The summed E-state index contributed by atoms with van der Waals surface area (Å²) in [6, 6.07) is 9.55. The predicted octanol–water partition coefficient (Wildman–Crippen LogP) is 4.99. The Bertz CT molecular complexity index is 1010. The van der Waals surface area contributed by atoms with Crippen LogP contribution in [0.15, 0.2) is 41.3 Å². The molecule has 28 heavy (non-hydrogen) atoms. The highest BCUT2D eigenvalue weighted by Gasteiger charge is 2.34. The lowest BCUT2D eigenvalue weighted by molar-refractivity contribution is -0.120. The molecule has 1 aliphatic heterocycles. The van der Waals surface area contributed by atoms with Gasteiger partial charge >= 0.3 is 0 Å². The third kappa shape index (κ3) is 4.63. The van der Waals surface area contributed by atoms with Crippen LogP contribution in [0.3, 0.4) is 0 Å². The molecular formula is C19H19Cl3N2O3S. The highest BCUT2D eigenvalue weighted by Crippen LogP contribution is 2.31. The van der Waals surface area contributed by atoms with Gasteiger partial charge in [0.05, 0.1) is 10.9 Å². The average Bonchev–Trinajstić information content (AvgIpc) is 2.66. The van der Waals surface area contributed by atoms with Gasteiger partial charge in [-0.2, -0.15) is 4.31 Å². The number of nitrogens with one attached hydrogen (secondary N) is 1. The fourth-order valence-corrected chi connectivity index (χ4v) is 5.59. The molecule has 1 N–H and O–H groups in total. The lowest BCUT2D eigenvalue weighted by atomic mass is 9.98. The first kappa shape index (κ1) is 21.4. The Hall–Kier alpha value is -1.31. The number of halogens is 3. The minimum atomic E-state index is -3.85. The van der Waals surface area contributed by atoms with E-state index in [1.165, 1.54) is 22.5 Å². The van der Waals surface area contributed by atoms with Gasteiger partial charge < -0.3 is 5.32 Å². The van der Waals surface area contributed by atoms with Crippen LogP contribution in [0.4, 0.5) is 5.69 Å². The van der Waals surface area contributed by atoms with Gasteiger partial charge in [0.25, 0.3) is 0 Å². The Labute approximate surface area is 179 Å². The van der Waals surface area contributed by atoms with Crippen molar-refractivity contribution in [2.45, 2.75) is 24.7 Å². The summed E-state index contributed by atoms with van der Waals surface area (Å²) in [4.78, 5) is 12.7. The second-order valence-electron chi connectivity index (χ2n) is 6.73. The first-order chi connectivity index (χ1) is 13.2. The van der Waals surface area contributed by atoms with E-state index in [2.05, 4.69) is 5.32 Å². The molecule has 3 rings (SSSR count). The minimum absolute atomic E-state index is 0.0478. The molecule has 0 aliphatic carbocycles. The number of amides is 1. The van der Waals surface area contributed by atoms with Crippen LogP contribution < -0.4 is 5.32 Å². The van der Waals surface area contributed by atoms with Crippen LogP contribution in [-0.4, -0.2) is 31.7 Å². The van der Waals surface area contributed by atoms with Gasteiger partial charge in [-0.05, 0) is 55.7 Å². The van der Waals surface area contributed by atoms with Crippen molar-refractivity contribution in [3.8, 4) is 0 Å². The number of benzene rings is 2. The number of rotatable bonds is 4. The number of nitrogens with zero attached hydrogens (tertiary/aromatic N) is 1. The first-order valence-corrected chi connectivity index (χ1v) is 11.3. The smallest absolute Gasteiger partial charge is 0.244 e. The number of anilines is 1. The maximum absolute atomic E-state index is 13.0. The maximum Gasteiger partial charge on any atom is 0.244 e. The van der Waals surface area contributed by atoms with Crippen LogP contribution >= 0.6 is 34.8 Å². The minimum Gasteiger partial charge on any atom is -0.326 e. The second kappa shape index (κ2) is 8.59. The topological polar surface area (TPSA) is 66.5 Å². The molecule has 0 bridgehead atoms. The maximum atomic E-state index is 13.0. The highest BCUT2D eigenvalue weighted by atomic mass is 35.5. The number of hydrogen-bond acceptors (Lipinski definition) is 3. The Morgan fingerprint density at radius 2 is 1.79 bits per heavy atom. The van der Waals surface area contributed by atoms with E-state index in [-0.39, 0.29) is 27.4 Å². The van der Waals surface area contributed by atoms with Crippen molar-refractivity contribution in [3.05, 3.63) is 57.0 Å². The lowest BCUT2D eigenvalue weighted by Gasteiger charge is -2.31. The van der Waals surface area contributed by atoms with Gasteiger partial charge in [-0.25, -0.2) is 8.42 Å². The van der Waals surface area contributed by atoms with Crippen molar-refractivity contribution in [1.29, 1.82) is 0 Å². The third-order valence-corrected chi connectivity index (χ3v) is 7.54. The largest absolute Gasteiger partial charge is 0.326 e. The third-order valence-electron chi connectivity index (χ3n) is 4.72. The molecule has 0 saturated carbocycles. The van der Waals surface area contributed by atoms with Crippen molar-refractivity contribution in [1.82, 2.24) is 4.31 Å². The van der Waals surface area contributed by atoms with Crippen LogP contribution in [-0.2, 0) is 14.8 Å². The molecule has 9 heteroatoms. The van der Waals surface area contributed by atoms with E-state index in [1.54, 1.807) is 12.1 Å². The first-order valence-electron chi connectivity index (χ1n) is 8.70. The fraction of sp³-hybridized carbons (Fsp3) is 0.316. The molecule has 2 aromatic carbocycles. The fourth-order valence-electron chi connectivity index (χ4n) is 3.15. The summed E-state index contributed by atoms with van der Waals surface area (Å²) >= 11 is 18.0. The van der Waals surface area contributed by atoms with Crippen molar-refractivity contribution in [3.63, 3.8) is 0 Å². The van der Waals surface area contributed by atoms with E-state index in [4.69, 9.17) is 34.8 Å². The van der Waals surface area contributed by atoms with Crippen LogP contribution in [0.1, 0.15) is 18.4 Å². The molecule has 1 aliphatic rings. The molecule has 1 fully saturated rings. The lowest BCUT2D eigenvalue weighted by Crippen LogP contribution is -2.43. The number of hydrogen-bond donors (Lipinski definition) is 1. The standard InChI is InChI=1S/C19H19Cl3N2O3S/c1-12-4-5-14(20)9-17(12)23-19(25)13-3-2-8-24(11-13)28(26,27)18-10-15(21)6-7-16(18)22/h4-7,9-10,13H,2-3,8,11H2,1H3,(H,23,25)/t13-/m1/s1. The molecule has 1 heterocycles. The Kier molecular flexibility index (Phi) is 6.57. The van der Waals surface area contributed by atoms with E-state index in [0.717, 1.165) is 5.56 Å². The number of piperidine rings is 1. The highest BCUT2D eigenvalue weighted by molar-refractivity contribution is 7.89. The van der Waals surface area contributed by atoms with Gasteiger partial charge in [-0.1, -0.05) is 40.9 Å². The second-order valence-corrected chi connectivity index (χ2v) is 9.91. The van der Waals surface area contributed by atoms with E-state index in [1.807, 2.05) is 13.0 Å². The predicted molar refractivity (Wildman–Crippen MR) is 113 cm³/mol. The number of aryl methyl sites for hydroxylation is 1. The molecule has 2 aromatic rings. The summed E-state index contributed by atoms with van der Waals surface area (Å²) in [5, 5.41) is 3.76. The molecule has 0 aromatic heterocycles. The van der Waals surface area contributed by atoms with Gasteiger partial charge in [0.1, 0.15) is 4.90 Å². The SMILES string of the molecule is Cc1ccc(Cl)cc1NC(=O)[C@@H]1CCCN(S(=O)(=O)c2cc(Cl)ccc2Cl)C1. The van der Waals surface area contributed by atoms with Crippen molar-refractivity contribution >= 4 is 56.4 Å². The molecule has 1 amide bonds. The summed E-state index contributed by atoms with van der Waals surface area (Å²) in [5.41, 5.74) is 1.50. The number of sulfonamides is 1. The van der Waals surface area contributed by atoms with Crippen LogP contribution in [0, 0.1) is 12.8 Å². The summed E-state index contributed by atoms with van der Waals surface area (Å²) in [5.74, 6) is -0.706. The van der Waals surface area contributed by atoms with Gasteiger partial charge in [0, 0.05) is 28.8 Å². The quantitative estimate of drug-likeness (QED) is 0.697. The van der Waals surface area contributed by atoms with E-state index < -0.39 is 15.9 Å². The Balaban J connectivity index is 1.79. The van der Waals surface area contributed by atoms with Gasteiger partial charge in [0.15, 0.2) is 0 Å². The summed E-state index contributed by atoms with van der Waals surface area (Å²) in [6.07, 6.45) is 1.17. The summed E-state index contributed by atoms with van der Waals surface area (Å²) < 4.78 is 27.3. The van der Waals surface area contributed by atoms with Crippen LogP contribution in [0.2, 0.25) is 15.1 Å². The zero-order valence-corrected chi connectivity index (χ0v) is 18.2. The molecular weight excluding hydrogens is 443 g/mol. The molecule has 0 unspecified atom stereocenters. The number of carbonyl (C=O) groups is 1. The normalized spacial score (nSPS) is 18.1. The summed E-state index contributed by atoms with van der Waals surface area (Å²) in [6.45, 7) is 2.27. The number of carbonyl (C=O) groups excluding carboxylic acids is 1. The van der Waals surface area contributed by atoms with Gasteiger partial charge in [-0.15, -0.1) is 0 Å². The monoisotopic (exact) mass is 460 g/mol. The molecule has 1 atom stereocenters. The van der Waals surface area contributed by atoms with E-state index in [9.17, 15) is 13.2 Å². The van der Waals surface area contributed by atoms with Crippen molar-refractivity contribution < 1.29 is 13.2 Å². The molecule has 1 saturated heterocycles.